The first-order valence-electron chi connectivity index (χ1n) is 14.9. The fourth-order valence-corrected chi connectivity index (χ4v) is 11.1. The van der Waals surface area contributed by atoms with Crippen LogP contribution < -0.4 is 0 Å². The number of carbonyl (C=O) groups excluding carboxylic acids is 3. The van der Waals surface area contributed by atoms with Crippen LogP contribution >= 0.6 is 0 Å². The zero-order chi connectivity index (χ0) is 29.0. The molecular weight excluding hydrogens is 512 g/mol. The molecule has 0 radical (unpaired) electrons. The Morgan fingerprint density at radius 3 is 2.05 bits per heavy atom. The summed E-state index contributed by atoms with van der Waals surface area (Å²) in [6.45, 7) is 15.5. The maximum Gasteiger partial charge on any atom is 0.302 e. The second-order valence-corrected chi connectivity index (χ2v) is 14.5. The van der Waals surface area contributed by atoms with E-state index < -0.39 is 40.2 Å². The van der Waals surface area contributed by atoms with Crippen molar-refractivity contribution in [3.05, 3.63) is 24.2 Å². The van der Waals surface area contributed by atoms with E-state index in [-0.39, 0.29) is 47.2 Å². The zero-order valence-corrected chi connectivity index (χ0v) is 25.1. The number of furan rings is 1. The maximum absolute atomic E-state index is 12.7. The minimum Gasteiger partial charge on any atom is -0.472 e. The molecule has 0 N–H and O–H groups in total. The number of fused-ring (bicyclic) bond motifs is 3. The standard InChI is InChI=1S/C32H44O8/c1-17(33)37-24-15-25(38-18(2)34)30(7)22-9-11-29(6)21(20-10-12-36-16-20)13-27-32(29,40-27)31(22,8)26(39-19(3)35)14-23(30)28(24,4)5/h10,12,16,21-27H,9,11,13-15H2,1-8H3/t21-,22-,23-,24+,25-,26-,27+,29-,30+,31-,32+/m0/s1. The molecule has 0 bridgehead atoms. The molecule has 2 heterocycles. The summed E-state index contributed by atoms with van der Waals surface area (Å²) in [6.07, 6.45) is 6.14. The zero-order valence-electron chi connectivity index (χ0n) is 25.1. The van der Waals surface area contributed by atoms with Crippen LogP contribution in [-0.2, 0) is 33.3 Å². The highest BCUT2D eigenvalue weighted by atomic mass is 16.6. The highest BCUT2D eigenvalue weighted by Crippen LogP contribution is 2.83. The van der Waals surface area contributed by atoms with Crippen molar-refractivity contribution in [2.24, 2.45) is 33.5 Å². The summed E-state index contributed by atoms with van der Waals surface area (Å²) in [5, 5.41) is 0. The smallest absolute Gasteiger partial charge is 0.302 e. The maximum atomic E-state index is 12.7. The normalized spacial score (nSPS) is 48.0. The van der Waals surface area contributed by atoms with Crippen molar-refractivity contribution in [1.82, 2.24) is 0 Å². The van der Waals surface area contributed by atoms with Gasteiger partial charge in [0.25, 0.3) is 0 Å². The van der Waals surface area contributed by atoms with Gasteiger partial charge in [0.2, 0.25) is 0 Å². The second kappa shape index (κ2) is 8.59. The molecule has 0 unspecified atom stereocenters. The highest BCUT2D eigenvalue weighted by Gasteiger charge is 2.88. The molecule has 40 heavy (non-hydrogen) atoms. The average molecular weight is 557 g/mol. The van der Waals surface area contributed by atoms with Crippen LogP contribution in [-0.4, -0.2) is 47.9 Å². The molecule has 0 aromatic carbocycles. The lowest BCUT2D eigenvalue weighted by Crippen LogP contribution is -2.74. The molecule has 1 aromatic rings. The van der Waals surface area contributed by atoms with Crippen LogP contribution in [0.2, 0.25) is 0 Å². The number of hydrogen-bond acceptors (Lipinski definition) is 8. The van der Waals surface area contributed by atoms with Gasteiger partial charge in [-0.3, -0.25) is 14.4 Å². The van der Waals surface area contributed by atoms with E-state index in [1.807, 2.05) is 6.26 Å². The van der Waals surface area contributed by atoms with E-state index in [0.717, 1.165) is 19.3 Å². The number of hydrogen-bond donors (Lipinski definition) is 0. The molecule has 8 nitrogen and oxygen atoms in total. The van der Waals surface area contributed by atoms with Crippen LogP contribution in [0.3, 0.4) is 0 Å². The van der Waals surface area contributed by atoms with Crippen molar-refractivity contribution in [2.45, 2.75) is 123 Å². The van der Waals surface area contributed by atoms with Gasteiger partial charge in [-0.2, -0.15) is 0 Å². The predicted molar refractivity (Wildman–Crippen MR) is 144 cm³/mol. The third-order valence-corrected chi connectivity index (χ3v) is 12.6. The van der Waals surface area contributed by atoms with Crippen LogP contribution in [0.1, 0.15) is 99.0 Å². The minimum atomic E-state index is -0.511. The van der Waals surface area contributed by atoms with E-state index in [1.54, 1.807) is 6.26 Å². The molecule has 8 heteroatoms. The molecule has 5 fully saturated rings. The van der Waals surface area contributed by atoms with Crippen molar-refractivity contribution in [2.75, 3.05) is 0 Å². The van der Waals surface area contributed by atoms with Gasteiger partial charge >= 0.3 is 17.9 Å². The first-order valence-corrected chi connectivity index (χ1v) is 14.9. The van der Waals surface area contributed by atoms with Crippen molar-refractivity contribution in [1.29, 1.82) is 0 Å². The fraction of sp³-hybridized carbons (Fsp3) is 0.781. The van der Waals surface area contributed by atoms with E-state index >= 15 is 0 Å². The van der Waals surface area contributed by atoms with Crippen LogP contribution in [0.25, 0.3) is 0 Å². The van der Waals surface area contributed by atoms with Crippen LogP contribution in [0.5, 0.6) is 0 Å². The Morgan fingerprint density at radius 1 is 0.825 bits per heavy atom. The van der Waals surface area contributed by atoms with E-state index in [0.29, 0.717) is 12.8 Å². The summed E-state index contributed by atoms with van der Waals surface area (Å²) >= 11 is 0. The fourth-order valence-electron chi connectivity index (χ4n) is 11.1. The van der Waals surface area contributed by atoms with Crippen LogP contribution in [0, 0.1) is 33.5 Å². The molecule has 1 saturated heterocycles. The number of esters is 3. The minimum absolute atomic E-state index is 0.0334. The molecule has 0 amide bonds. The third-order valence-electron chi connectivity index (χ3n) is 12.6. The third kappa shape index (κ3) is 3.31. The van der Waals surface area contributed by atoms with Gasteiger partial charge in [0.05, 0.1) is 18.6 Å². The van der Waals surface area contributed by atoms with E-state index in [4.69, 9.17) is 23.4 Å². The lowest BCUT2D eigenvalue weighted by Gasteiger charge is -2.70. The lowest BCUT2D eigenvalue weighted by molar-refractivity contribution is -0.289. The second-order valence-electron chi connectivity index (χ2n) is 14.5. The first-order chi connectivity index (χ1) is 18.6. The molecular formula is C32H44O8. The molecule has 4 aliphatic carbocycles. The first kappa shape index (κ1) is 27.8. The predicted octanol–water partition coefficient (Wildman–Crippen LogP) is 5.58. The van der Waals surface area contributed by atoms with Gasteiger partial charge in [0.15, 0.2) is 0 Å². The Hall–Kier alpha value is -2.35. The van der Waals surface area contributed by atoms with E-state index in [2.05, 4.69) is 40.7 Å². The summed E-state index contributed by atoms with van der Waals surface area (Å²) < 4.78 is 30.7. The van der Waals surface area contributed by atoms with E-state index in [9.17, 15) is 14.4 Å². The molecule has 1 aliphatic heterocycles. The number of rotatable bonds is 4. The number of ether oxygens (including phenoxy) is 4. The van der Waals surface area contributed by atoms with Gasteiger partial charge < -0.3 is 23.4 Å². The quantitative estimate of drug-likeness (QED) is 0.269. The summed E-state index contributed by atoms with van der Waals surface area (Å²) in [6, 6.07) is 2.07. The van der Waals surface area contributed by atoms with Crippen molar-refractivity contribution in [3.63, 3.8) is 0 Å². The summed E-state index contributed by atoms with van der Waals surface area (Å²) in [5.41, 5.74) is -0.842. The van der Waals surface area contributed by atoms with Crippen molar-refractivity contribution < 1.29 is 37.7 Å². The van der Waals surface area contributed by atoms with Gasteiger partial charge in [0, 0.05) is 48.9 Å². The van der Waals surface area contributed by atoms with Crippen molar-refractivity contribution >= 4 is 17.9 Å². The molecule has 220 valence electrons. The number of epoxide rings is 1. The Labute approximate surface area is 236 Å². The van der Waals surface area contributed by atoms with Gasteiger partial charge in [-0.1, -0.05) is 34.6 Å². The molecule has 6 rings (SSSR count). The van der Waals surface area contributed by atoms with Crippen molar-refractivity contribution in [3.8, 4) is 0 Å². The molecule has 1 spiro atoms. The van der Waals surface area contributed by atoms with Gasteiger partial charge in [-0.15, -0.1) is 0 Å². The Kier molecular flexibility index (Phi) is 5.97. The van der Waals surface area contributed by atoms with Gasteiger partial charge in [-0.05, 0) is 55.1 Å². The van der Waals surface area contributed by atoms with Gasteiger partial charge in [0.1, 0.15) is 23.9 Å². The van der Waals surface area contributed by atoms with Crippen LogP contribution in [0.15, 0.2) is 23.0 Å². The molecule has 11 atom stereocenters. The average Bonchev–Trinajstić information content (AvgIpc) is 3.20. The topological polar surface area (TPSA) is 105 Å². The summed E-state index contributed by atoms with van der Waals surface area (Å²) in [4.78, 5) is 37.4. The number of carbonyl (C=O) groups is 3. The molecule has 4 saturated carbocycles. The van der Waals surface area contributed by atoms with E-state index in [1.165, 1.54) is 26.3 Å². The molecule has 1 aromatic heterocycles. The van der Waals surface area contributed by atoms with Gasteiger partial charge in [-0.25, -0.2) is 0 Å². The summed E-state index contributed by atoms with van der Waals surface area (Å²) in [7, 11) is 0. The Morgan fingerprint density at radius 2 is 1.45 bits per heavy atom. The largest absolute Gasteiger partial charge is 0.472 e. The molecule has 5 aliphatic rings. The monoisotopic (exact) mass is 556 g/mol. The van der Waals surface area contributed by atoms with Crippen LogP contribution in [0.4, 0.5) is 0 Å². The Bertz CT molecular complexity index is 1220. The Balaban J connectivity index is 1.50. The lowest BCUT2D eigenvalue weighted by atomic mass is 9.35. The highest BCUT2D eigenvalue weighted by molar-refractivity contribution is 5.67. The summed E-state index contributed by atoms with van der Waals surface area (Å²) in [5.74, 6) is -0.694. The SMILES string of the molecule is CC(=O)O[C@H]1C[C@@H](OC(C)=O)C(C)(C)[C@@H]2C[C@H](OC(C)=O)[C@]3(C)[C@@H](CC[C@@]4(C)[C@H](c5ccoc5)C[C@H]5O[C@@]534)[C@@]12C.